The van der Waals surface area contributed by atoms with Crippen molar-refractivity contribution in [2.24, 2.45) is 0 Å². The average molecular weight is 471 g/mol. The minimum Gasteiger partial charge on any atom is -0.495 e. The maximum absolute atomic E-state index is 6.15. The van der Waals surface area contributed by atoms with Crippen LogP contribution in [0.1, 0.15) is 13.8 Å². The summed E-state index contributed by atoms with van der Waals surface area (Å²) < 4.78 is 17.3. The summed E-state index contributed by atoms with van der Waals surface area (Å²) in [6, 6.07) is 11.1. The lowest BCUT2D eigenvalue weighted by atomic mass is 10.2. The molecule has 25 heavy (non-hydrogen) atoms. The molecule has 1 aromatic heterocycles. The molecule has 130 valence electrons. The first-order valence-corrected chi connectivity index (χ1v) is 9.08. The van der Waals surface area contributed by atoms with Crippen molar-refractivity contribution in [3.8, 4) is 34.3 Å². The highest BCUT2D eigenvalue weighted by Gasteiger charge is 2.14. The number of ether oxygens (including phenoxy) is 2. The third kappa shape index (κ3) is 4.07. The molecule has 2 aromatic carbocycles. The largest absolute Gasteiger partial charge is 0.495 e. The van der Waals surface area contributed by atoms with E-state index in [0.29, 0.717) is 22.5 Å². The van der Waals surface area contributed by atoms with Crippen molar-refractivity contribution in [1.82, 2.24) is 10.1 Å². The summed E-state index contributed by atoms with van der Waals surface area (Å²) in [6.07, 6.45) is 0.121. The number of hydrogen-bond acceptors (Lipinski definition) is 5. The SMILES string of the molecule is COc1ccc(-c2nc(-c3ccc(OC(C)C)c(I)c3)no2)cc1Cl. The van der Waals surface area contributed by atoms with Gasteiger partial charge < -0.3 is 14.0 Å². The number of aromatic nitrogens is 2. The van der Waals surface area contributed by atoms with E-state index in [1.807, 2.05) is 38.1 Å². The molecule has 0 fully saturated rings. The van der Waals surface area contributed by atoms with E-state index in [2.05, 4.69) is 32.7 Å². The van der Waals surface area contributed by atoms with Gasteiger partial charge in [-0.2, -0.15) is 4.98 Å². The molecular weight excluding hydrogens is 455 g/mol. The fourth-order valence-corrected chi connectivity index (χ4v) is 3.15. The van der Waals surface area contributed by atoms with E-state index in [4.69, 9.17) is 25.6 Å². The third-order valence-electron chi connectivity index (χ3n) is 3.38. The fourth-order valence-electron chi connectivity index (χ4n) is 2.25. The summed E-state index contributed by atoms with van der Waals surface area (Å²) in [4.78, 5) is 4.46. The molecule has 0 saturated carbocycles. The second kappa shape index (κ2) is 7.61. The normalized spacial score (nSPS) is 11.0. The molecule has 0 spiro atoms. The first kappa shape index (κ1) is 18.0. The van der Waals surface area contributed by atoms with E-state index in [1.165, 1.54) is 0 Å². The van der Waals surface area contributed by atoms with Crippen LogP contribution in [0.25, 0.3) is 22.8 Å². The first-order valence-electron chi connectivity index (χ1n) is 7.62. The monoisotopic (exact) mass is 470 g/mol. The Balaban J connectivity index is 1.88. The Kier molecular flexibility index (Phi) is 5.48. The van der Waals surface area contributed by atoms with E-state index in [9.17, 15) is 0 Å². The Morgan fingerprint density at radius 1 is 1.08 bits per heavy atom. The minimum absolute atomic E-state index is 0.121. The van der Waals surface area contributed by atoms with Crippen LogP contribution < -0.4 is 9.47 Å². The van der Waals surface area contributed by atoms with Crippen LogP contribution in [0.4, 0.5) is 0 Å². The third-order valence-corrected chi connectivity index (χ3v) is 4.52. The minimum atomic E-state index is 0.121. The summed E-state index contributed by atoms with van der Waals surface area (Å²) in [7, 11) is 1.57. The van der Waals surface area contributed by atoms with Crippen LogP contribution in [0.2, 0.25) is 5.02 Å². The Labute approximate surface area is 164 Å². The van der Waals surface area contributed by atoms with Gasteiger partial charge in [-0.3, -0.25) is 0 Å². The Hall–Kier alpha value is -1.80. The van der Waals surface area contributed by atoms with Gasteiger partial charge >= 0.3 is 0 Å². The van der Waals surface area contributed by atoms with Crippen LogP contribution >= 0.6 is 34.2 Å². The van der Waals surface area contributed by atoms with Gasteiger partial charge in [0.1, 0.15) is 11.5 Å². The van der Waals surface area contributed by atoms with Gasteiger partial charge in [-0.25, -0.2) is 0 Å². The summed E-state index contributed by atoms with van der Waals surface area (Å²) in [5, 5.41) is 4.55. The van der Waals surface area contributed by atoms with Crippen molar-refractivity contribution in [2.45, 2.75) is 20.0 Å². The molecule has 0 atom stereocenters. The lowest BCUT2D eigenvalue weighted by Gasteiger charge is -2.11. The zero-order valence-electron chi connectivity index (χ0n) is 13.9. The summed E-state index contributed by atoms with van der Waals surface area (Å²) in [6.45, 7) is 3.99. The van der Waals surface area contributed by atoms with Gasteiger partial charge in [0.05, 0.1) is 21.8 Å². The fraction of sp³-hybridized carbons (Fsp3) is 0.222. The Morgan fingerprint density at radius 3 is 2.44 bits per heavy atom. The molecular formula is C18H16ClIN2O3. The second-order valence-electron chi connectivity index (χ2n) is 5.58. The van der Waals surface area contributed by atoms with E-state index in [1.54, 1.807) is 19.2 Å². The average Bonchev–Trinajstić information content (AvgIpc) is 3.06. The molecule has 5 nitrogen and oxygen atoms in total. The highest BCUT2D eigenvalue weighted by atomic mass is 127. The lowest BCUT2D eigenvalue weighted by Crippen LogP contribution is -2.06. The molecule has 0 aliphatic carbocycles. The topological polar surface area (TPSA) is 57.4 Å². The van der Waals surface area contributed by atoms with Gasteiger partial charge in [0.15, 0.2) is 0 Å². The van der Waals surface area contributed by atoms with E-state index in [-0.39, 0.29) is 6.10 Å². The highest BCUT2D eigenvalue weighted by Crippen LogP contribution is 2.31. The quantitative estimate of drug-likeness (QED) is 0.464. The summed E-state index contributed by atoms with van der Waals surface area (Å²) in [5.41, 5.74) is 1.59. The maximum atomic E-state index is 6.15. The molecule has 3 rings (SSSR count). The molecule has 3 aromatic rings. The van der Waals surface area contributed by atoms with Crippen molar-refractivity contribution in [3.63, 3.8) is 0 Å². The van der Waals surface area contributed by atoms with Crippen LogP contribution in [-0.4, -0.2) is 23.4 Å². The molecule has 0 N–H and O–H groups in total. The molecule has 0 bridgehead atoms. The smallest absolute Gasteiger partial charge is 0.258 e. The van der Waals surface area contributed by atoms with Gasteiger partial charge in [0, 0.05) is 11.1 Å². The van der Waals surface area contributed by atoms with Gasteiger partial charge in [-0.05, 0) is 72.8 Å². The van der Waals surface area contributed by atoms with Crippen molar-refractivity contribution in [3.05, 3.63) is 45.0 Å². The zero-order chi connectivity index (χ0) is 18.0. The number of halogens is 2. The van der Waals surface area contributed by atoms with Crippen molar-refractivity contribution in [1.29, 1.82) is 0 Å². The summed E-state index contributed by atoms with van der Waals surface area (Å²) in [5.74, 6) is 2.35. The number of benzene rings is 2. The molecule has 0 aliphatic rings. The van der Waals surface area contributed by atoms with Crippen LogP contribution in [0, 0.1) is 3.57 Å². The zero-order valence-corrected chi connectivity index (χ0v) is 16.8. The first-order chi connectivity index (χ1) is 12.0. The predicted molar refractivity (Wildman–Crippen MR) is 105 cm³/mol. The van der Waals surface area contributed by atoms with Gasteiger partial charge in [-0.15, -0.1) is 0 Å². The van der Waals surface area contributed by atoms with Gasteiger partial charge in [-0.1, -0.05) is 16.8 Å². The molecule has 0 saturated heterocycles. The van der Waals surface area contributed by atoms with E-state index in [0.717, 1.165) is 20.4 Å². The molecule has 1 heterocycles. The van der Waals surface area contributed by atoms with Gasteiger partial charge in [0.25, 0.3) is 5.89 Å². The molecule has 0 radical (unpaired) electrons. The Bertz CT molecular complexity index is 896. The lowest BCUT2D eigenvalue weighted by molar-refractivity contribution is 0.240. The van der Waals surface area contributed by atoms with Crippen LogP contribution in [0.15, 0.2) is 40.9 Å². The van der Waals surface area contributed by atoms with Crippen LogP contribution in [-0.2, 0) is 0 Å². The second-order valence-corrected chi connectivity index (χ2v) is 7.15. The standard InChI is InChI=1S/C18H16ClIN2O3/c1-10(2)24-16-7-4-11(9-14(16)20)17-21-18(25-22-17)12-5-6-15(23-3)13(19)8-12/h4-10H,1-3H3. The molecule has 0 unspecified atom stereocenters. The molecule has 0 aliphatic heterocycles. The van der Waals surface area contributed by atoms with E-state index >= 15 is 0 Å². The van der Waals surface area contributed by atoms with Crippen LogP contribution in [0.5, 0.6) is 11.5 Å². The van der Waals surface area contributed by atoms with Gasteiger partial charge in [0.2, 0.25) is 5.82 Å². The molecule has 0 amide bonds. The van der Waals surface area contributed by atoms with Crippen molar-refractivity contribution in [2.75, 3.05) is 7.11 Å². The van der Waals surface area contributed by atoms with Crippen molar-refractivity contribution < 1.29 is 14.0 Å². The number of nitrogens with zero attached hydrogens (tertiary/aromatic N) is 2. The number of rotatable bonds is 5. The predicted octanol–water partition coefficient (Wildman–Crippen LogP) is 5.46. The molecule has 7 heteroatoms. The van der Waals surface area contributed by atoms with Crippen LogP contribution in [0.3, 0.4) is 0 Å². The summed E-state index contributed by atoms with van der Waals surface area (Å²) >= 11 is 8.39. The highest BCUT2D eigenvalue weighted by molar-refractivity contribution is 14.1. The van der Waals surface area contributed by atoms with E-state index < -0.39 is 0 Å². The number of hydrogen-bond donors (Lipinski definition) is 0. The maximum Gasteiger partial charge on any atom is 0.258 e. The number of methoxy groups -OCH3 is 1. The Morgan fingerprint density at radius 2 is 1.80 bits per heavy atom. The van der Waals surface area contributed by atoms with Crippen molar-refractivity contribution >= 4 is 34.2 Å².